The maximum atomic E-state index is 6.04. The van der Waals surface area contributed by atoms with E-state index in [1.54, 1.807) is 12.4 Å². The molecule has 0 aliphatic rings. The van der Waals surface area contributed by atoms with Crippen LogP contribution in [0.25, 0.3) is 0 Å². The van der Waals surface area contributed by atoms with Crippen molar-refractivity contribution in [2.75, 3.05) is 0 Å². The van der Waals surface area contributed by atoms with E-state index in [0.717, 1.165) is 12.0 Å². The number of unbranched alkanes of at least 4 members (excludes halogenated alkanes) is 4. The first-order valence-electron chi connectivity index (χ1n) is 5.86. The molecule has 0 radical (unpaired) electrons. The van der Waals surface area contributed by atoms with Crippen molar-refractivity contribution in [3.8, 4) is 0 Å². The van der Waals surface area contributed by atoms with Crippen molar-refractivity contribution in [1.29, 1.82) is 0 Å². The second-order valence-corrected chi connectivity index (χ2v) is 3.99. The molecule has 3 heteroatoms. The van der Waals surface area contributed by atoms with Gasteiger partial charge in [-0.05, 0) is 18.1 Å². The molecule has 1 heterocycles. The molecule has 2 N–H and O–H groups in total. The summed E-state index contributed by atoms with van der Waals surface area (Å²) in [5.41, 5.74) is 7.14. The first-order chi connectivity index (χ1) is 7.34. The molecule has 0 saturated carbocycles. The van der Waals surface area contributed by atoms with Crippen molar-refractivity contribution in [2.24, 2.45) is 5.73 Å². The minimum atomic E-state index is 0.127. The normalized spacial score (nSPS) is 12.7. The lowest BCUT2D eigenvalue weighted by molar-refractivity contribution is 0.553. The van der Waals surface area contributed by atoms with Crippen LogP contribution >= 0.6 is 0 Å². The SMILES string of the molecule is CCCCCCCC(N)c1ccnnc1. The average Bonchev–Trinajstić information content (AvgIpc) is 2.30. The molecule has 1 aromatic rings. The topological polar surface area (TPSA) is 51.8 Å². The van der Waals surface area contributed by atoms with Crippen LogP contribution in [0.5, 0.6) is 0 Å². The molecule has 0 fully saturated rings. The smallest absolute Gasteiger partial charge is 0.0543 e. The van der Waals surface area contributed by atoms with E-state index in [-0.39, 0.29) is 6.04 Å². The van der Waals surface area contributed by atoms with Crippen LogP contribution in [0, 0.1) is 0 Å². The van der Waals surface area contributed by atoms with E-state index in [4.69, 9.17) is 5.73 Å². The third kappa shape index (κ3) is 4.88. The molecule has 0 saturated heterocycles. The summed E-state index contributed by atoms with van der Waals surface area (Å²) in [4.78, 5) is 0. The Morgan fingerprint density at radius 3 is 2.67 bits per heavy atom. The zero-order valence-corrected chi connectivity index (χ0v) is 9.52. The highest BCUT2D eigenvalue weighted by molar-refractivity contribution is 5.10. The van der Waals surface area contributed by atoms with Gasteiger partial charge in [-0.25, -0.2) is 0 Å². The van der Waals surface area contributed by atoms with E-state index in [2.05, 4.69) is 17.1 Å². The van der Waals surface area contributed by atoms with Crippen molar-refractivity contribution >= 4 is 0 Å². The van der Waals surface area contributed by atoms with E-state index in [9.17, 15) is 0 Å². The van der Waals surface area contributed by atoms with E-state index in [1.165, 1.54) is 32.1 Å². The van der Waals surface area contributed by atoms with Crippen LogP contribution in [0.3, 0.4) is 0 Å². The monoisotopic (exact) mass is 207 g/mol. The molecule has 3 nitrogen and oxygen atoms in total. The van der Waals surface area contributed by atoms with Gasteiger partial charge in [0.2, 0.25) is 0 Å². The largest absolute Gasteiger partial charge is 0.324 e. The fourth-order valence-electron chi connectivity index (χ4n) is 1.65. The molecule has 1 aromatic heterocycles. The third-order valence-corrected chi connectivity index (χ3v) is 2.65. The maximum absolute atomic E-state index is 6.04. The third-order valence-electron chi connectivity index (χ3n) is 2.65. The van der Waals surface area contributed by atoms with Crippen LogP contribution in [0.1, 0.15) is 57.1 Å². The lowest BCUT2D eigenvalue weighted by atomic mass is 10.0. The zero-order chi connectivity index (χ0) is 10.9. The highest BCUT2D eigenvalue weighted by Crippen LogP contribution is 2.16. The number of hydrogen-bond acceptors (Lipinski definition) is 3. The predicted octanol–water partition coefficient (Wildman–Crippen LogP) is 2.84. The number of hydrogen-bond donors (Lipinski definition) is 1. The molecule has 0 amide bonds. The second kappa shape index (κ2) is 7.35. The summed E-state index contributed by atoms with van der Waals surface area (Å²) in [7, 11) is 0. The van der Waals surface area contributed by atoms with E-state index in [0.29, 0.717) is 0 Å². The standard InChI is InChI=1S/C12H21N3/c1-2-3-4-5-6-7-12(13)11-8-9-14-15-10-11/h8-10,12H,2-7,13H2,1H3. The average molecular weight is 207 g/mol. The maximum Gasteiger partial charge on any atom is 0.0543 e. The van der Waals surface area contributed by atoms with E-state index < -0.39 is 0 Å². The van der Waals surface area contributed by atoms with Crippen LogP contribution in [0.2, 0.25) is 0 Å². The summed E-state index contributed by atoms with van der Waals surface area (Å²) in [6, 6.07) is 2.08. The van der Waals surface area contributed by atoms with E-state index >= 15 is 0 Å². The highest BCUT2D eigenvalue weighted by atomic mass is 15.1. The minimum Gasteiger partial charge on any atom is -0.324 e. The zero-order valence-electron chi connectivity index (χ0n) is 9.52. The van der Waals surface area contributed by atoms with E-state index in [1.807, 2.05) is 6.07 Å². The van der Waals surface area contributed by atoms with Gasteiger partial charge in [0.1, 0.15) is 0 Å². The predicted molar refractivity (Wildman–Crippen MR) is 62.3 cm³/mol. The number of aromatic nitrogens is 2. The quantitative estimate of drug-likeness (QED) is 0.699. The number of nitrogens with zero attached hydrogens (tertiary/aromatic N) is 2. The molecule has 0 aliphatic carbocycles. The van der Waals surface area contributed by atoms with Crippen LogP contribution in [0.4, 0.5) is 0 Å². The van der Waals surface area contributed by atoms with Crippen LogP contribution in [-0.2, 0) is 0 Å². The van der Waals surface area contributed by atoms with Crippen molar-refractivity contribution in [2.45, 2.75) is 51.5 Å². The lowest BCUT2D eigenvalue weighted by Gasteiger charge is -2.10. The second-order valence-electron chi connectivity index (χ2n) is 3.99. The first kappa shape index (κ1) is 12.1. The summed E-state index contributed by atoms with van der Waals surface area (Å²) >= 11 is 0. The molecule has 1 atom stereocenters. The lowest BCUT2D eigenvalue weighted by Crippen LogP contribution is -2.10. The fourth-order valence-corrected chi connectivity index (χ4v) is 1.65. The molecule has 1 unspecified atom stereocenters. The van der Waals surface area contributed by atoms with Gasteiger partial charge in [0.15, 0.2) is 0 Å². The molecular formula is C12H21N3. The van der Waals surface area contributed by atoms with Gasteiger partial charge < -0.3 is 5.73 Å². The molecule has 84 valence electrons. The van der Waals surface area contributed by atoms with Crippen molar-refractivity contribution < 1.29 is 0 Å². The summed E-state index contributed by atoms with van der Waals surface area (Å²) in [6.07, 6.45) is 11.0. The minimum absolute atomic E-state index is 0.127. The van der Waals surface area contributed by atoms with Gasteiger partial charge in [-0.1, -0.05) is 39.0 Å². The molecule has 0 aromatic carbocycles. The first-order valence-corrected chi connectivity index (χ1v) is 5.86. The van der Waals surface area contributed by atoms with Gasteiger partial charge in [0.25, 0.3) is 0 Å². The Kier molecular flexibility index (Phi) is 5.93. The Morgan fingerprint density at radius 2 is 2.00 bits per heavy atom. The van der Waals surface area contributed by atoms with Crippen LogP contribution < -0.4 is 5.73 Å². The Bertz CT molecular complexity index is 248. The van der Waals surface area contributed by atoms with Gasteiger partial charge in [-0.15, -0.1) is 0 Å². The van der Waals surface area contributed by atoms with Crippen molar-refractivity contribution in [3.05, 3.63) is 24.0 Å². The fraction of sp³-hybridized carbons (Fsp3) is 0.667. The van der Waals surface area contributed by atoms with Gasteiger partial charge in [0.05, 0.1) is 6.20 Å². The molecule has 0 spiro atoms. The molecule has 0 bridgehead atoms. The summed E-state index contributed by atoms with van der Waals surface area (Å²) < 4.78 is 0. The molecule has 0 aliphatic heterocycles. The molecule has 1 rings (SSSR count). The summed E-state index contributed by atoms with van der Waals surface area (Å²) in [5, 5.41) is 7.58. The van der Waals surface area contributed by atoms with Gasteiger partial charge in [-0.3, -0.25) is 0 Å². The Balaban J connectivity index is 2.16. The van der Waals surface area contributed by atoms with Gasteiger partial charge >= 0.3 is 0 Å². The number of nitrogens with two attached hydrogens (primary N) is 1. The Hall–Kier alpha value is -0.960. The van der Waals surface area contributed by atoms with Gasteiger partial charge in [0, 0.05) is 12.2 Å². The van der Waals surface area contributed by atoms with Crippen LogP contribution in [-0.4, -0.2) is 10.2 Å². The van der Waals surface area contributed by atoms with Crippen molar-refractivity contribution in [3.63, 3.8) is 0 Å². The Morgan fingerprint density at radius 1 is 1.20 bits per heavy atom. The van der Waals surface area contributed by atoms with Gasteiger partial charge in [-0.2, -0.15) is 10.2 Å². The summed E-state index contributed by atoms with van der Waals surface area (Å²) in [6.45, 7) is 2.23. The number of rotatable bonds is 7. The Labute approximate surface area is 92.1 Å². The summed E-state index contributed by atoms with van der Waals surface area (Å²) in [5.74, 6) is 0. The van der Waals surface area contributed by atoms with Crippen LogP contribution in [0.15, 0.2) is 18.5 Å². The highest BCUT2D eigenvalue weighted by Gasteiger charge is 2.04. The van der Waals surface area contributed by atoms with Crippen molar-refractivity contribution in [1.82, 2.24) is 10.2 Å². The molecular weight excluding hydrogens is 186 g/mol. The molecule has 15 heavy (non-hydrogen) atoms.